The van der Waals surface area contributed by atoms with E-state index in [9.17, 15) is 0 Å². The molecule has 2 aromatic rings. The predicted molar refractivity (Wildman–Crippen MR) is 95.5 cm³/mol. The zero-order valence-electron chi connectivity index (χ0n) is 11.7. The molecule has 106 valence electrons. The maximum Gasteiger partial charge on any atom is 0.124 e. The van der Waals surface area contributed by atoms with Gasteiger partial charge in [0.1, 0.15) is 5.75 Å². The standard InChI is InChI=1S/C16H17BrINO/c1-10-8-15(20-3)13(9-14(10)17)16(19-2)11-4-6-12(18)7-5-11/h4-9,16,19H,1-3H3. The average Bonchev–Trinajstić information content (AvgIpc) is 2.45. The first-order chi connectivity index (χ1) is 9.56. The summed E-state index contributed by atoms with van der Waals surface area (Å²) in [5, 5.41) is 3.37. The van der Waals surface area contributed by atoms with Gasteiger partial charge < -0.3 is 10.1 Å². The maximum absolute atomic E-state index is 5.55. The lowest BCUT2D eigenvalue weighted by molar-refractivity contribution is 0.405. The minimum Gasteiger partial charge on any atom is -0.496 e. The normalized spacial score (nSPS) is 12.2. The molecule has 1 N–H and O–H groups in total. The summed E-state index contributed by atoms with van der Waals surface area (Å²) in [5.74, 6) is 0.906. The monoisotopic (exact) mass is 445 g/mol. The van der Waals surface area contributed by atoms with E-state index in [2.05, 4.69) is 87.2 Å². The van der Waals surface area contributed by atoms with Crippen LogP contribution in [0, 0.1) is 10.5 Å². The molecule has 4 heteroatoms. The number of methoxy groups -OCH3 is 1. The first-order valence-electron chi connectivity index (χ1n) is 6.33. The molecule has 2 rings (SSSR count). The molecular formula is C16H17BrINO. The first kappa shape index (κ1) is 15.8. The molecular weight excluding hydrogens is 429 g/mol. The van der Waals surface area contributed by atoms with Crippen LogP contribution >= 0.6 is 38.5 Å². The third-order valence-electron chi connectivity index (χ3n) is 3.31. The van der Waals surface area contributed by atoms with E-state index in [0.29, 0.717) is 0 Å². The molecule has 20 heavy (non-hydrogen) atoms. The van der Waals surface area contributed by atoms with Crippen LogP contribution < -0.4 is 10.1 Å². The van der Waals surface area contributed by atoms with Crippen LogP contribution in [0.4, 0.5) is 0 Å². The Bertz CT molecular complexity index is 598. The molecule has 2 nitrogen and oxygen atoms in total. The summed E-state index contributed by atoms with van der Waals surface area (Å²) in [6.07, 6.45) is 0. The lowest BCUT2D eigenvalue weighted by Gasteiger charge is -2.21. The second-order valence-electron chi connectivity index (χ2n) is 4.62. The van der Waals surface area contributed by atoms with Crippen molar-refractivity contribution in [1.82, 2.24) is 5.32 Å². The topological polar surface area (TPSA) is 21.3 Å². The molecule has 0 aliphatic carbocycles. The Hall–Kier alpha value is -0.590. The lowest BCUT2D eigenvalue weighted by Crippen LogP contribution is -2.18. The van der Waals surface area contributed by atoms with Crippen molar-refractivity contribution in [2.24, 2.45) is 0 Å². The van der Waals surface area contributed by atoms with Crippen molar-refractivity contribution in [1.29, 1.82) is 0 Å². The van der Waals surface area contributed by atoms with Crippen LogP contribution in [0.2, 0.25) is 0 Å². The molecule has 0 bridgehead atoms. The van der Waals surface area contributed by atoms with Gasteiger partial charge in [0.25, 0.3) is 0 Å². The summed E-state index contributed by atoms with van der Waals surface area (Å²) in [6, 6.07) is 12.8. The van der Waals surface area contributed by atoms with E-state index in [1.807, 2.05) is 7.05 Å². The van der Waals surface area contributed by atoms with Crippen LogP contribution in [0.5, 0.6) is 5.75 Å². The number of halogens is 2. The van der Waals surface area contributed by atoms with E-state index >= 15 is 0 Å². The number of aryl methyl sites for hydroxylation is 1. The Kier molecular flexibility index (Phi) is 5.46. The van der Waals surface area contributed by atoms with E-state index in [4.69, 9.17) is 4.74 Å². The van der Waals surface area contributed by atoms with Crippen LogP contribution in [0.3, 0.4) is 0 Å². The fourth-order valence-electron chi connectivity index (χ4n) is 2.23. The van der Waals surface area contributed by atoms with Gasteiger partial charge in [-0.1, -0.05) is 28.1 Å². The molecule has 0 spiro atoms. The number of hydrogen-bond donors (Lipinski definition) is 1. The predicted octanol–water partition coefficient (Wildman–Crippen LogP) is 4.68. The minimum atomic E-state index is 0.110. The van der Waals surface area contributed by atoms with E-state index in [-0.39, 0.29) is 6.04 Å². The molecule has 0 aliphatic rings. The van der Waals surface area contributed by atoms with Gasteiger partial charge in [0.2, 0.25) is 0 Å². The van der Waals surface area contributed by atoms with Gasteiger partial charge in [-0.3, -0.25) is 0 Å². The molecule has 1 unspecified atom stereocenters. The fraction of sp³-hybridized carbons (Fsp3) is 0.250. The highest BCUT2D eigenvalue weighted by molar-refractivity contribution is 14.1. The summed E-state index contributed by atoms with van der Waals surface area (Å²) in [7, 11) is 3.68. The van der Waals surface area contributed by atoms with E-state index in [1.165, 1.54) is 14.7 Å². The number of nitrogens with one attached hydrogen (secondary N) is 1. The minimum absolute atomic E-state index is 0.110. The largest absolute Gasteiger partial charge is 0.496 e. The summed E-state index contributed by atoms with van der Waals surface area (Å²) in [5.41, 5.74) is 3.53. The Balaban J connectivity index is 2.51. The molecule has 0 amide bonds. The summed E-state index contributed by atoms with van der Waals surface area (Å²) in [6.45, 7) is 2.07. The quantitative estimate of drug-likeness (QED) is 0.690. The van der Waals surface area contributed by atoms with Gasteiger partial charge in [-0.05, 0) is 72.0 Å². The molecule has 0 aromatic heterocycles. The Morgan fingerprint density at radius 2 is 1.85 bits per heavy atom. The van der Waals surface area contributed by atoms with Crippen molar-refractivity contribution in [3.63, 3.8) is 0 Å². The number of ether oxygens (including phenoxy) is 1. The molecule has 0 saturated heterocycles. The van der Waals surface area contributed by atoms with Gasteiger partial charge in [0.15, 0.2) is 0 Å². The number of benzene rings is 2. The Labute approximate surface area is 142 Å². The molecule has 0 radical (unpaired) electrons. The van der Waals surface area contributed by atoms with Crippen molar-refractivity contribution in [2.75, 3.05) is 14.2 Å². The molecule has 0 fully saturated rings. The third-order valence-corrected chi connectivity index (χ3v) is 4.89. The van der Waals surface area contributed by atoms with Crippen molar-refractivity contribution < 1.29 is 4.74 Å². The second-order valence-corrected chi connectivity index (χ2v) is 6.72. The summed E-state index contributed by atoms with van der Waals surface area (Å²) in [4.78, 5) is 0. The average molecular weight is 446 g/mol. The van der Waals surface area contributed by atoms with Gasteiger partial charge in [-0.15, -0.1) is 0 Å². The number of rotatable bonds is 4. The highest BCUT2D eigenvalue weighted by Crippen LogP contribution is 2.34. The zero-order chi connectivity index (χ0) is 14.7. The van der Waals surface area contributed by atoms with Crippen molar-refractivity contribution >= 4 is 38.5 Å². The van der Waals surface area contributed by atoms with Crippen molar-refractivity contribution in [2.45, 2.75) is 13.0 Å². The highest BCUT2D eigenvalue weighted by Gasteiger charge is 2.18. The van der Waals surface area contributed by atoms with Crippen LogP contribution in [-0.2, 0) is 0 Å². The second kappa shape index (κ2) is 6.91. The Morgan fingerprint density at radius 3 is 2.40 bits per heavy atom. The van der Waals surface area contributed by atoms with E-state index in [0.717, 1.165) is 15.8 Å². The molecule has 0 aliphatic heterocycles. The first-order valence-corrected chi connectivity index (χ1v) is 8.20. The third kappa shape index (κ3) is 3.35. The molecule has 0 saturated carbocycles. The van der Waals surface area contributed by atoms with Gasteiger partial charge >= 0.3 is 0 Å². The smallest absolute Gasteiger partial charge is 0.124 e. The summed E-state index contributed by atoms with van der Waals surface area (Å²) < 4.78 is 7.88. The van der Waals surface area contributed by atoms with Crippen molar-refractivity contribution in [3.8, 4) is 5.75 Å². The fourth-order valence-corrected chi connectivity index (χ4v) is 2.95. The lowest BCUT2D eigenvalue weighted by atomic mass is 9.97. The molecule has 0 heterocycles. The SMILES string of the molecule is CNC(c1ccc(I)cc1)c1cc(Br)c(C)cc1OC. The van der Waals surface area contributed by atoms with Gasteiger partial charge in [-0.2, -0.15) is 0 Å². The number of hydrogen-bond acceptors (Lipinski definition) is 2. The van der Waals surface area contributed by atoms with Gasteiger partial charge in [-0.25, -0.2) is 0 Å². The zero-order valence-corrected chi connectivity index (χ0v) is 15.4. The van der Waals surface area contributed by atoms with Gasteiger partial charge in [0, 0.05) is 13.6 Å². The molecule has 2 aromatic carbocycles. The maximum atomic E-state index is 5.55. The highest BCUT2D eigenvalue weighted by atomic mass is 127. The molecule has 1 atom stereocenters. The van der Waals surface area contributed by atoms with Crippen molar-refractivity contribution in [3.05, 3.63) is 61.1 Å². The van der Waals surface area contributed by atoms with Crippen LogP contribution in [0.15, 0.2) is 40.9 Å². The Morgan fingerprint density at radius 1 is 1.20 bits per heavy atom. The van der Waals surface area contributed by atoms with Crippen LogP contribution in [0.25, 0.3) is 0 Å². The van der Waals surface area contributed by atoms with Gasteiger partial charge in [0.05, 0.1) is 13.2 Å². The van der Waals surface area contributed by atoms with Crippen LogP contribution in [0.1, 0.15) is 22.7 Å². The van der Waals surface area contributed by atoms with E-state index < -0.39 is 0 Å². The van der Waals surface area contributed by atoms with Crippen LogP contribution in [-0.4, -0.2) is 14.2 Å². The van der Waals surface area contributed by atoms with E-state index in [1.54, 1.807) is 7.11 Å². The summed E-state index contributed by atoms with van der Waals surface area (Å²) >= 11 is 5.92.